The van der Waals surface area contributed by atoms with Gasteiger partial charge in [0.05, 0.1) is 5.02 Å². The number of nitrogens with zero attached hydrogens (tertiary/aromatic N) is 2. The summed E-state index contributed by atoms with van der Waals surface area (Å²) in [6.45, 7) is 0. The number of aromatic nitrogens is 2. The number of halogens is 2. The average Bonchev–Trinajstić information content (AvgIpc) is 2.74. The van der Waals surface area contributed by atoms with Crippen LogP contribution in [0.25, 0.3) is 11.0 Å². The maximum atomic E-state index is 11.2. The van der Waals surface area contributed by atoms with Crippen molar-refractivity contribution >= 4 is 34.2 Å². The van der Waals surface area contributed by atoms with Gasteiger partial charge in [-0.05, 0) is 35.2 Å². The van der Waals surface area contributed by atoms with Crippen LogP contribution >= 0.6 is 23.2 Å². The van der Waals surface area contributed by atoms with Gasteiger partial charge in [-0.3, -0.25) is 4.63 Å². The molecule has 2 aromatic carbocycles. The smallest absolute Gasteiger partial charge is 0.252 e. The Morgan fingerprint density at radius 1 is 1.16 bits per heavy atom. The van der Waals surface area contributed by atoms with Crippen molar-refractivity contribution in [1.29, 1.82) is 0 Å². The minimum absolute atomic E-state index is 0.328. The molecule has 3 aromatic rings. The van der Waals surface area contributed by atoms with Crippen LogP contribution < -0.4 is 9.64 Å². The van der Waals surface area contributed by atoms with Crippen LogP contribution in [0.2, 0.25) is 10.0 Å². The molecule has 0 saturated carbocycles. The molecule has 0 fully saturated rings. The maximum absolute atomic E-state index is 11.2. The topological polar surface area (TPSA) is 62.2 Å². The number of ether oxygens (including phenoxy) is 1. The van der Waals surface area contributed by atoms with Crippen molar-refractivity contribution in [3.05, 3.63) is 51.7 Å². The number of hydrogen-bond acceptors (Lipinski definition) is 4. The third-order valence-corrected chi connectivity index (χ3v) is 3.01. The summed E-state index contributed by atoms with van der Waals surface area (Å²) in [5, 5.41) is 15.7. The van der Waals surface area contributed by atoms with Crippen LogP contribution in [0.5, 0.6) is 11.5 Å². The number of benzene rings is 2. The van der Waals surface area contributed by atoms with Crippen molar-refractivity contribution in [1.82, 2.24) is 5.16 Å². The quantitative estimate of drug-likeness (QED) is 0.678. The van der Waals surface area contributed by atoms with Crippen LogP contribution in [-0.2, 0) is 0 Å². The Kier molecular flexibility index (Phi) is 2.93. The Bertz CT molecular complexity index is 758. The van der Waals surface area contributed by atoms with Crippen molar-refractivity contribution in [2.75, 3.05) is 0 Å². The summed E-state index contributed by atoms with van der Waals surface area (Å²) in [6, 6.07) is 9.67. The van der Waals surface area contributed by atoms with Crippen LogP contribution in [0.1, 0.15) is 0 Å². The summed E-state index contributed by atoms with van der Waals surface area (Å²) >= 11 is 11.8. The van der Waals surface area contributed by atoms with Crippen LogP contribution in [0.4, 0.5) is 0 Å². The minimum atomic E-state index is 0.328. The first-order chi connectivity index (χ1) is 9.13. The summed E-state index contributed by atoms with van der Waals surface area (Å²) in [5.74, 6) is 0.953. The molecule has 0 saturated heterocycles. The van der Waals surface area contributed by atoms with Crippen LogP contribution in [0, 0.1) is 5.21 Å². The van der Waals surface area contributed by atoms with Gasteiger partial charge in [-0.15, -0.1) is 0 Å². The molecule has 0 atom stereocenters. The lowest BCUT2D eigenvalue weighted by Gasteiger charge is -2.06. The van der Waals surface area contributed by atoms with Crippen molar-refractivity contribution in [3.63, 3.8) is 0 Å². The first-order valence-electron chi connectivity index (χ1n) is 5.26. The molecule has 96 valence electrons. The van der Waals surface area contributed by atoms with Gasteiger partial charge in [0.15, 0.2) is 0 Å². The van der Waals surface area contributed by atoms with E-state index in [1.807, 2.05) is 0 Å². The Morgan fingerprint density at radius 3 is 2.79 bits per heavy atom. The van der Waals surface area contributed by atoms with E-state index in [-0.39, 0.29) is 0 Å². The number of rotatable bonds is 2. The van der Waals surface area contributed by atoms with Crippen molar-refractivity contribution < 1.29 is 14.3 Å². The molecular weight excluding hydrogens is 291 g/mol. The first kappa shape index (κ1) is 12.1. The van der Waals surface area contributed by atoms with E-state index in [2.05, 4.69) is 9.79 Å². The molecule has 0 unspecified atom stereocenters. The van der Waals surface area contributed by atoms with Gasteiger partial charge >= 0.3 is 0 Å². The Morgan fingerprint density at radius 2 is 2.00 bits per heavy atom. The standard InChI is InChI=1S/C12H6Cl2N2O3/c13-7-1-4-12(9(14)5-7)18-8-2-3-11-10(6-8)15-19-16(11)17/h1-6H. The number of fused-ring (bicyclic) bond motifs is 1. The molecular formula is C12H6Cl2N2O3. The zero-order valence-electron chi connectivity index (χ0n) is 9.34. The van der Waals surface area contributed by atoms with Crippen LogP contribution in [0.15, 0.2) is 41.0 Å². The maximum Gasteiger partial charge on any atom is 0.252 e. The van der Waals surface area contributed by atoms with Gasteiger partial charge in [0.2, 0.25) is 5.52 Å². The molecule has 0 radical (unpaired) electrons. The van der Waals surface area contributed by atoms with Gasteiger partial charge in [0.25, 0.3) is 5.52 Å². The van der Waals surface area contributed by atoms with Gasteiger partial charge in [0.1, 0.15) is 11.5 Å². The highest BCUT2D eigenvalue weighted by Gasteiger charge is 2.11. The molecule has 7 heteroatoms. The monoisotopic (exact) mass is 296 g/mol. The van der Waals surface area contributed by atoms with Crippen LogP contribution in [0.3, 0.4) is 0 Å². The molecule has 19 heavy (non-hydrogen) atoms. The van der Waals surface area contributed by atoms with E-state index in [0.717, 1.165) is 0 Å². The zero-order chi connectivity index (χ0) is 13.4. The molecule has 0 spiro atoms. The Labute approximate surface area is 117 Å². The summed E-state index contributed by atoms with van der Waals surface area (Å²) in [4.78, 5) is 0.328. The molecule has 5 nitrogen and oxygen atoms in total. The van der Waals surface area contributed by atoms with Crippen molar-refractivity contribution in [3.8, 4) is 11.5 Å². The highest BCUT2D eigenvalue weighted by molar-refractivity contribution is 6.35. The second-order valence-corrected chi connectivity index (χ2v) is 4.60. The first-order valence-corrected chi connectivity index (χ1v) is 6.01. The highest BCUT2D eigenvalue weighted by Crippen LogP contribution is 2.32. The fourth-order valence-electron chi connectivity index (χ4n) is 1.60. The lowest BCUT2D eigenvalue weighted by Crippen LogP contribution is -2.22. The van der Waals surface area contributed by atoms with Crippen molar-refractivity contribution in [2.45, 2.75) is 0 Å². The second kappa shape index (κ2) is 4.60. The molecule has 0 amide bonds. The van der Waals surface area contributed by atoms with Crippen LogP contribution in [-0.4, -0.2) is 5.16 Å². The van der Waals surface area contributed by atoms with E-state index >= 15 is 0 Å². The fraction of sp³-hybridized carbons (Fsp3) is 0. The van der Waals surface area contributed by atoms with Gasteiger partial charge in [-0.25, -0.2) is 0 Å². The zero-order valence-corrected chi connectivity index (χ0v) is 10.9. The van der Waals surface area contributed by atoms with E-state index in [1.54, 1.807) is 36.4 Å². The van der Waals surface area contributed by atoms with Crippen molar-refractivity contribution in [2.24, 2.45) is 0 Å². The van der Waals surface area contributed by atoms with E-state index in [0.29, 0.717) is 37.5 Å². The predicted molar refractivity (Wildman–Crippen MR) is 69.5 cm³/mol. The predicted octanol–water partition coefficient (Wildman–Crippen LogP) is 3.56. The van der Waals surface area contributed by atoms with E-state index in [1.165, 1.54) is 0 Å². The molecule has 0 aliphatic heterocycles. The summed E-state index contributed by atoms with van der Waals surface area (Å²) in [7, 11) is 0. The summed E-state index contributed by atoms with van der Waals surface area (Å²) in [6.07, 6.45) is 0. The molecule has 1 heterocycles. The largest absolute Gasteiger partial charge is 0.456 e. The average molecular weight is 297 g/mol. The van der Waals surface area contributed by atoms with Gasteiger partial charge in [-0.2, -0.15) is 0 Å². The highest BCUT2D eigenvalue weighted by atomic mass is 35.5. The van der Waals surface area contributed by atoms with E-state index < -0.39 is 0 Å². The van der Waals surface area contributed by atoms with Gasteiger partial charge in [0, 0.05) is 16.2 Å². The molecule has 1 aromatic heterocycles. The molecule has 3 rings (SSSR count). The fourth-order valence-corrected chi connectivity index (χ4v) is 2.05. The van der Waals surface area contributed by atoms with Gasteiger partial charge < -0.3 is 9.94 Å². The summed E-state index contributed by atoms with van der Waals surface area (Å²) < 4.78 is 10.1. The number of hydrogen-bond donors (Lipinski definition) is 0. The second-order valence-electron chi connectivity index (χ2n) is 3.76. The summed E-state index contributed by atoms with van der Waals surface area (Å²) in [5.41, 5.74) is 0.729. The third kappa shape index (κ3) is 2.30. The molecule has 0 N–H and O–H groups in total. The minimum Gasteiger partial charge on any atom is -0.456 e. The van der Waals surface area contributed by atoms with Gasteiger partial charge in [-0.1, -0.05) is 23.2 Å². The lowest BCUT2D eigenvalue weighted by atomic mass is 10.3. The Balaban J connectivity index is 1.96. The van der Waals surface area contributed by atoms with E-state index in [4.69, 9.17) is 27.9 Å². The normalized spacial score (nSPS) is 10.8. The third-order valence-electron chi connectivity index (χ3n) is 2.48. The molecule has 0 aliphatic carbocycles. The SMILES string of the molecule is [O-][n+]1onc2cc(Oc3ccc(Cl)cc3Cl)ccc21. The Hall–Kier alpha value is -1.98. The molecule has 0 aliphatic rings. The lowest BCUT2D eigenvalue weighted by molar-refractivity contribution is -0.782. The van der Waals surface area contributed by atoms with E-state index in [9.17, 15) is 5.21 Å². The molecule has 0 bridgehead atoms.